The molecule has 0 aromatic rings. The highest BCUT2D eigenvalue weighted by Gasteiger charge is 2.23. The molecule has 1 heterocycles. The molecule has 1 amide bonds. The van der Waals surface area contributed by atoms with Gasteiger partial charge in [-0.3, -0.25) is 4.79 Å². The average Bonchev–Trinajstić information content (AvgIpc) is 2.80. The molecule has 0 radical (unpaired) electrons. The molecule has 1 saturated heterocycles. The van der Waals surface area contributed by atoms with Crippen LogP contribution in [0.25, 0.3) is 0 Å². The van der Waals surface area contributed by atoms with Crippen molar-refractivity contribution in [3.8, 4) is 0 Å². The monoisotopic (exact) mass is 254 g/mol. The molecule has 1 aliphatic heterocycles. The van der Waals surface area contributed by atoms with E-state index in [9.17, 15) is 9.90 Å². The number of carbonyl (C=O) groups is 1. The molecule has 2 fully saturated rings. The quantitative estimate of drug-likeness (QED) is 0.660. The zero-order valence-corrected chi connectivity index (χ0v) is 11.2. The SMILES string of the molecule is O=C(CCC1CCNC1)NC1CCCCCC1O. The summed E-state index contributed by atoms with van der Waals surface area (Å²) in [6.45, 7) is 2.15. The van der Waals surface area contributed by atoms with Gasteiger partial charge in [0.25, 0.3) is 0 Å². The molecule has 2 aliphatic rings. The van der Waals surface area contributed by atoms with Gasteiger partial charge < -0.3 is 15.7 Å². The largest absolute Gasteiger partial charge is 0.391 e. The Hall–Kier alpha value is -0.610. The van der Waals surface area contributed by atoms with Crippen LogP contribution in [0.3, 0.4) is 0 Å². The summed E-state index contributed by atoms with van der Waals surface area (Å²) < 4.78 is 0. The van der Waals surface area contributed by atoms with Gasteiger partial charge in [0.1, 0.15) is 0 Å². The lowest BCUT2D eigenvalue weighted by atomic mass is 10.0. The Morgan fingerprint density at radius 2 is 2.06 bits per heavy atom. The molecule has 3 atom stereocenters. The molecule has 1 aliphatic carbocycles. The van der Waals surface area contributed by atoms with Crippen LogP contribution in [0.2, 0.25) is 0 Å². The number of amides is 1. The number of aliphatic hydroxyl groups is 1. The first-order valence-electron chi connectivity index (χ1n) is 7.44. The van der Waals surface area contributed by atoms with Crippen molar-refractivity contribution >= 4 is 5.91 Å². The Kier molecular flexibility index (Phi) is 5.45. The van der Waals surface area contributed by atoms with Gasteiger partial charge in [-0.25, -0.2) is 0 Å². The fourth-order valence-electron chi connectivity index (χ4n) is 3.03. The van der Waals surface area contributed by atoms with Crippen LogP contribution in [-0.2, 0) is 4.79 Å². The molecular formula is C14H26N2O2. The van der Waals surface area contributed by atoms with Crippen molar-refractivity contribution in [2.45, 2.75) is 63.5 Å². The summed E-state index contributed by atoms with van der Waals surface area (Å²) in [6, 6.07) is -0.0123. The summed E-state index contributed by atoms with van der Waals surface area (Å²) in [5, 5.41) is 16.3. The Morgan fingerprint density at radius 1 is 1.22 bits per heavy atom. The number of rotatable bonds is 4. The summed E-state index contributed by atoms with van der Waals surface area (Å²) in [5.74, 6) is 0.780. The Balaban J connectivity index is 1.68. The smallest absolute Gasteiger partial charge is 0.220 e. The van der Waals surface area contributed by atoms with E-state index in [0.717, 1.165) is 45.2 Å². The standard InChI is InChI=1S/C14H26N2O2/c17-13-5-3-1-2-4-12(13)16-14(18)7-6-11-8-9-15-10-11/h11-13,15,17H,1-10H2,(H,16,18). The predicted molar refractivity (Wildman–Crippen MR) is 71.2 cm³/mol. The Morgan fingerprint density at radius 3 is 2.83 bits per heavy atom. The van der Waals surface area contributed by atoms with Gasteiger partial charge in [0.2, 0.25) is 5.91 Å². The molecule has 18 heavy (non-hydrogen) atoms. The Bertz CT molecular complexity index is 265. The van der Waals surface area contributed by atoms with Gasteiger partial charge in [-0.1, -0.05) is 19.3 Å². The lowest BCUT2D eigenvalue weighted by molar-refractivity contribution is -0.123. The third kappa shape index (κ3) is 4.25. The summed E-state index contributed by atoms with van der Waals surface area (Å²) in [6.07, 6.45) is 7.57. The molecule has 3 unspecified atom stereocenters. The molecule has 2 rings (SSSR count). The molecule has 0 aromatic heterocycles. The van der Waals surface area contributed by atoms with Gasteiger partial charge in [0, 0.05) is 6.42 Å². The van der Waals surface area contributed by atoms with Gasteiger partial charge >= 0.3 is 0 Å². The normalized spacial score (nSPS) is 33.1. The van der Waals surface area contributed by atoms with E-state index in [2.05, 4.69) is 10.6 Å². The third-order valence-electron chi connectivity index (χ3n) is 4.27. The van der Waals surface area contributed by atoms with Crippen molar-refractivity contribution in [1.29, 1.82) is 0 Å². The minimum absolute atomic E-state index is 0.0123. The van der Waals surface area contributed by atoms with E-state index in [1.54, 1.807) is 0 Å². The van der Waals surface area contributed by atoms with Gasteiger partial charge in [0.05, 0.1) is 12.1 Å². The van der Waals surface area contributed by atoms with E-state index in [1.807, 2.05) is 0 Å². The lowest BCUT2D eigenvalue weighted by Crippen LogP contribution is -2.42. The van der Waals surface area contributed by atoms with E-state index in [0.29, 0.717) is 12.3 Å². The summed E-state index contributed by atoms with van der Waals surface area (Å²) in [7, 11) is 0. The average molecular weight is 254 g/mol. The highest BCUT2D eigenvalue weighted by molar-refractivity contribution is 5.76. The molecule has 104 valence electrons. The summed E-state index contributed by atoms with van der Waals surface area (Å²) >= 11 is 0. The molecule has 4 heteroatoms. The van der Waals surface area contributed by atoms with Crippen LogP contribution in [-0.4, -0.2) is 36.2 Å². The van der Waals surface area contributed by atoms with Crippen LogP contribution in [0, 0.1) is 5.92 Å². The van der Waals surface area contributed by atoms with Crippen LogP contribution in [0.1, 0.15) is 51.4 Å². The predicted octanol–water partition coefficient (Wildman–Crippen LogP) is 1.19. The molecular weight excluding hydrogens is 228 g/mol. The first-order valence-corrected chi connectivity index (χ1v) is 7.44. The molecule has 1 saturated carbocycles. The van der Waals surface area contributed by atoms with Gasteiger partial charge in [-0.05, 0) is 44.7 Å². The van der Waals surface area contributed by atoms with E-state index in [1.165, 1.54) is 12.8 Å². The second-order valence-corrected chi connectivity index (χ2v) is 5.78. The van der Waals surface area contributed by atoms with Crippen molar-refractivity contribution in [3.63, 3.8) is 0 Å². The van der Waals surface area contributed by atoms with Crippen LogP contribution >= 0.6 is 0 Å². The molecule has 4 nitrogen and oxygen atoms in total. The van der Waals surface area contributed by atoms with E-state index >= 15 is 0 Å². The van der Waals surface area contributed by atoms with Gasteiger partial charge in [-0.2, -0.15) is 0 Å². The molecule has 0 aromatic carbocycles. The lowest BCUT2D eigenvalue weighted by Gasteiger charge is -2.22. The van der Waals surface area contributed by atoms with Crippen LogP contribution < -0.4 is 10.6 Å². The second-order valence-electron chi connectivity index (χ2n) is 5.78. The first-order chi connectivity index (χ1) is 8.75. The van der Waals surface area contributed by atoms with E-state index < -0.39 is 0 Å². The fraction of sp³-hybridized carbons (Fsp3) is 0.929. The number of hydrogen-bond acceptors (Lipinski definition) is 3. The maximum absolute atomic E-state index is 11.9. The molecule has 0 bridgehead atoms. The van der Waals surface area contributed by atoms with Crippen molar-refractivity contribution < 1.29 is 9.90 Å². The zero-order chi connectivity index (χ0) is 12.8. The second kappa shape index (κ2) is 7.10. The topological polar surface area (TPSA) is 61.4 Å². The van der Waals surface area contributed by atoms with Crippen molar-refractivity contribution in [1.82, 2.24) is 10.6 Å². The van der Waals surface area contributed by atoms with Crippen molar-refractivity contribution in [3.05, 3.63) is 0 Å². The molecule has 3 N–H and O–H groups in total. The van der Waals surface area contributed by atoms with E-state index in [4.69, 9.17) is 0 Å². The highest BCUT2D eigenvalue weighted by atomic mass is 16.3. The van der Waals surface area contributed by atoms with Gasteiger partial charge in [-0.15, -0.1) is 0 Å². The molecule has 0 spiro atoms. The van der Waals surface area contributed by atoms with Crippen molar-refractivity contribution in [2.24, 2.45) is 5.92 Å². The first kappa shape index (κ1) is 13.8. The van der Waals surface area contributed by atoms with Crippen LogP contribution in [0.15, 0.2) is 0 Å². The Labute approximate surface area is 110 Å². The number of aliphatic hydroxyl groups excluding tert-OH is 1. The fourth-order valence-corrected chi connectivity index (χ4v) is 3.03. The third-order valence-corrected chi connectivity index (χ3v) is 4.27. The van der Waals surface area contributed by atoms with E-state index in [-0.39, 0.29) is 18.1 Å². The number of hydrogen-bond donors (Lipinski definition) is 3. The van der Waals surface area contributed by atoms with Crippen LogP contribution in [0.5, 0.6) is 0 Å². The summed E-state index contributed by atoms with van der Waals surface area (Å²) in [4.78, 5) is 11.9. The van der Waals surface area contributed by atoms with Crippen molar-refractivity contribution in [2.75, 3.05) is 13.1 Å². The highest BCUT2D eigenvalue weighted by Crippen LogP contribution is 2.19. The minimum Gasteiger partial charge on any atom is -0.391 e. The summed E-state index contributed by atoms with van der Waals surface area (Å²) in [5.41, 5.74) is 0. The number of nitrogens with one attached hydrogen (secondary N) is 2. The number of carbonyl (C=O) groups excluding carboxylic acids is 1. The maximum atomic E-state index is 11.9. The van der Waals surface area contributed by atoms with Crippen LogP contribution in [0.4, 0.5) is 0 Å². The van der Waals surface area contributed by atoms with Gasteiger partial charge in [0.15, 0.2) is 0 Å². The maximum Gasteiger partial charge on any atom is 0.220 e. The zero-order valence-electron chi connectivity index (χ0n) is 11.2. The minimum atomic E-state index is -0.343.